The van der Waals surface area contributed by atoms with E-state index in [1.165, 1.54) is 6.08 Å². The van der Waals surface area contributed by atoms with E-state index in [9.17, 15) is 4.39 Å². The molecule has 0 heterocycles. The van der Waals surface area contributed by atoms with Gasteiger partial charge in [0.2, 0.25) is 5.85 Å². The quantitative estimate of drug-likeness (QED) is 0.677. The van der Waals surface area contributed by atoms with Crippen molar-refractivity contribution in [3.8, 4) is 0 Å². The van der Waals surface area contributed by atoms with E-state index in [1.54, 1.807) is 39.0 Å². The van der Waals surface area contributed by atoms with Crippen LogP contribution < -0.4 is 5.73 Å². The van der Waals surface area contributed by atoms with Crippen LogP contribution in [0.25, 0.3) is 0 Å². The van der Waals surface area contributed by atoms with Gasteiger partial charge in [0.05, 0.1) is 11.6 Å². The molecule has 1 aliphatic rings. The van der Waals surface area contributed by atoms with Crippen molar-refractivity contribution in [2.24, 2.45) is 5.73 Å². The van der Waals surface area contributed by atoms with Gasteiger partial charge in [-0.3, -0.25) is 0 Å². The first-order valence-corrected chi connectivity index (χ1v) is 4.34. The molecular weight excluding hydrogens is 169 g/mol. The van der Waals surface area contributed by atoms with Gasteiger partial charge in [0.25, 0.3) is 0 Å². The van der Waals surface area contributed by atoms with Crippen LogP contribution in [0.3, 0.4) is 0 Å². The van der Waals surface area contributed by atoms with E-state index in [-0.39, 0.29) is 0 Å². The first-order chi connectivity index (χ1) is 5.83. The molecule has 0 saturated heterocycles. The van der Waals surface area contributed by atoms with Crippen molar-refractivity contribution >= 4 is 0 Å². The molecule has 0 aromatic rings. The van der Waals surface area contributed by atoms with E-state index in [0.717, 1.165) is 0 Å². The molecule has 1 rings (SSSR count). The normalized spacial score (nSPS) is 33.8. The monoisotopic (exact) mass is 185 g/mol. The smallest absolute Gasteiger partial charge is 0.248 e. The third-order valence-corrected chi connectivity index (χ3v) is 1.67. The summed E-state index contributed by atoms with van der Waals surface area (Å²) in [5.74, 6) is -1.87. The second-order valence-corrected chi connectivity index (χ2v) is 4.18. The molecule has 0 radical (unpaired) electrons. The second kappa shape index (κ2) is 3.24. The van der Waals surface area contributed by atoms with Gasteiger partial charge in [-0.25, -0.2) is 4.39 Å². The van der Waals surface area contributed by atoms with Crippen molar-refractivity contribution in [1.82, 2.24) is 0 Å². The predicted molar refractivity (Wildman–Crippen MR) is 50.9 cm³/mol. The van der Waals surface area contributed by atoms with E-state index in [2.05, 4.69) is 0 Å². The van der Waals surface area contributed by atoms with E-state index >= 15 is 0 Å². The third kappa shape index (κ3) is 2.64. The molecular formula is C10H16FNO. The molecule has 0 saturated carbocycles. The maximum absolute atomic E-state index is 14.0. The van der Waals surface area contributed by atoms with E-state index in [0.29, 0.717) is 0 Å². The molecule has 2 nitrogen and oxygen atoms in total. The zero-order valence-electron chi connectivity index (χ0n) is 8.25. The summed E-state index contributed by atoms with van der Waals surface area (Å²) in [4.78, 5) is 0. The molecule has 13 heavy (non-hydrogen) atoms. The Kier molecular flexibility index (Phi) is 2.59. The Hall–Kier alpha value is -0.670. The van der Waals surface area contributed by atoms with Crippen LogP contribution in [-0.4, -0.2) is 17.5 Å². The molecule has 0 fully saturated rings. The average Bonchev–Trinajstić information content (AvgIpc) is 1.92. The topological polar surface area (TPSA) is 35.2 Å². The number of hydrogen-bond donors (Lipinski definition) is 1. The van der Waals surface area contributed by atoms with Gasteiger partial charge >= 0.3 is 0 Å². The molecule has 0 aromatic carbocycles. The lowest BCUT2D eigenvalue weighted by atomic mass is 10.0. The van der Waals surface area contributed by atoms with Crippen LogP contribution in [0.4, 0.5) is 4.39 Å². The lowest BCUT2D eigenvalue weighted by Gasteiger charge is -2.34. The molecule has 0 amide bonds. The van der Waals surface area contributed by atoms with Crippen molar-refractivity contribution in [3.63, 3.8) is 0 Å². The number of halogens is 1. The van der Waals surface area contributed by atoms with Crippen molar-refractivity contribution in [2.75, 3.05) is 0 Å². The van der Waals surface area contributed by atoms with Crippen LogP contribution in [0, 0.1) is 0 Å². The zero-order chi connectivity index (χ0) is 10.1. The minimum Gasteiger partial charge on any atom is -0.335 e. The molecule has 74 valence electrons. The molecule has 1 aliphatic carbocycles. The number of hydrogen-bond acceptors (Lipinski definition) is 2. The lowest BCUT2D eigenvalue weighted by Crippen LogP contribution is -2.48. The van der Waals surface area contributed by atoms with Crippen molar-refractivity contribution < 1.29 is 9.13 Å². The highest BCUT2D eigenvalue weighted by Crippen LogP contribution is 2.28. The summed E-state index contributed by atoms with van der Waals surface area (Å²) in [5.41, 5.74) is 5.04. The Morgan fingerprint density at radius 1 is 1.38 bits per heavy atom. The minimum atomic E-state index is -1.87. The summed E-state index contributed by atoms with van der Waals surface area (Å²) in [7, 11) is 0. The largest absolute Gasteiger partial charge is 0.335 e. The third-order valence-electron chi connectivity index (χ3n) is 1.67. The summed E-state index contributed by atoms with van der Waals surface area (Å²) in [6.45, 7) is 5.40. The van der Waals surface area contributed by atoms with Crippen molar-refractivity contribution in [1.29, 1.82) is 0 Å². The van der Waals surface area contributed by atoms with Gasteiger partial charge < -0.3 is 10.5 Å². The van der Waals surface area contributed by atoms with E-state index in [1.807, 2.05) is 0 Å². The highest BCUT2D eigenvalue weighted by molar-refractivity contribution is 5.21. The summed E-state index contributed by atoms with van der Waals surface area (Å²) < 4.78 is 19.2. The van der Waals surface area contributed by atoms with Crippen LogP contribution in [0.5, 0.6) is 0 Å². The van der Waals surface area contributed by atoms with Gasteiger partial charge in [0.15, 0.2) is 0 Å². The first-order valence-electron chi connectivity index (χ1n) is 4.34. The highest BCUT2D eigenvalue weighted by atomic mass is 19.2. The number of nitrogens with two attached hydrogens (primary N) is 1. The van der Waals surface area contributed by atoms with Gasteiger partial charge in [-0.1, -0.05) is 18.2 Å². The number of rotatable bonds is 1. The standard InChI is InChI=1S/C10H16FNO/c1-9(2,3)13-10(11)7-5-4-6-8(10)12/h4-8H,12H2,1-3H3. The number of ether oxygens (including phenoxy) is 1. The van der Waals surface area contributed by atoms with Crippen molar-refractivity contribution in [3.05, 3.63) is 24.3 Å². The van der Waals surface area contributed by atoms with Gasteiger partial charge in [-0.2, -0.15) is 0 Å². The SMILES string of the molecule is CC(C)(C)OC1(F)C=CC=CC1N. The van der Waals surface area contributed by atoms with Crippen LogP contribution >= 0.6 is 0 Å². The van der Waals surface area contributed by atoms with Gasteiger partial charge in [0.1, 0.15) is 0 Å². The van der Waals surface area contributed by atoms with E-state index < -0.39 is 17.5 Å². The molecule has 0 aliphatic heterocycles. The van der Waals surface area contributed by atoms with Crippen LogP contribution in [0.15, 0.2) is 24.3 Å². The fourth-order valence-corrected chi connectivity index (χ4v) is 1.18. The fraction of sp³-hybridized carbons (Fsp3) is 0.600. The van der Waals surface area contributed by atoms with Gasteiger partial charge in [-0.15, -0.1) is 0 Å². The summed E-state index contributed by atoms with van der Waals surface area (Å²) in [5, 5.41) is 0. The van der Waals surface area contributed by atoms with Crippen LogP contribution in [0.1, 0.15) is 20.8 Å². The van der Waals surface area contributed by atoms with Crippen LogP contribution in [-0.2, 0) is 4.74 Å². The molecule has 2 unspecified atom stereocenters. The second-order valence-electron chi connectivity index (χ2n) is 4.18. The van der Waals surface area contributed by atoms with E-state index in [4.69, 9.17) is 10.5 Å². The fourth-order valence-electron chi connectivity index (χ4n) is 1.18. The number of alkyl halides is 1. The maximum atomic E-state index is 14.0. The van der Waals surface area contributed by atoms with Crippen molar-refractivity contribution in [2.45, 2.75) is 38.3 Å². The first kappa shape index (κ1) is 10.4. The Morgan fingerprint density at radius 2 is 2.00 bits per heavy atom. The van der Waals surface area contributed by atoms with Crippen LogP contribution in [0.2, 0.25) is 0 Å². The lowest BCUT2D eigenvalue weighted by molar-refractivity contribution is -0.181. The summed E-state index contributed by atoms with van der Waals surface area (Å²) in [6.07, 6.45) is 6.26. The Morgan fingerprint density at radius 3 is 2.46 bits per heavy atom. The molecule has 3 heteroatoms. The number of allylic oxidation sites excluding steroid dienone is 2. The summed E-state index contributed by atoms with van der Waals surface area (Å²) in [6, 6.07) is -0.725. The molecule has 0 aromatic heterocycles. The summed E-state index contributed by atoms with van der Waals surface area (Å²) >= 11 is 0. The minimum absolute atomic E-state index is 0.540. The highest BCUT2D eigenvalue weighted by Gasteiger charge is 2.38. The molecule has 0 bridgehead atoms. The molecule has 2 N–H and O–H groups in total. The Labute approximate surface area is 78.3 Å². The van der Waals surface area contributed by atoms with Gasteiger partial charge in [0, 0.05) is 0 Å². The average molecular weight is 185 g/mol. The Balaban J connectivity index is 2.76. The zero-order valence-corrected chi connectivity index (χ0v) is 8.25. The molecule has 0 spiro atoms. The maximum Gasteiger partial charge on any atom is 0.248 e. The molecule has 2 atom stereocenters. The Bertz CT molecular complexity index is 242. The van der Waals surface area contributed by atoms with Gasteiger partial charge in [-0.05, 0) is 26.8 Å². The predicted octanol–water partition coefficient (Wildman–Crippen LogP) is 1.92.